The maximum atomic E-state index is 11.0. The maximum Gasteiger partial charge on any atom is 0.0601 e. The van der Waals surface area contributed by atoms with Crippen molar-refractivity contribution in [1.29, 1.82) is 0 Å². The van der Waals surface area contributed by atoms with Crippen LogP contribution >= 0.6 is 0 Å². The van der Waals surface area contributed by atoms with E-state index in [0.29, 0.717) is 11.8 Å². The zero-order valence-corrected chi connectivity index (χ0v) is 12.4. The molecule has 19 heavy (non-hydrogen) atoms. The fraction of sp³-hybridized carbons (Fsp3) is 1.00. The van der Waals surface area contributed by atoms with Crippen molar-refractivity contribution in [2.24, 2.45) is 41.4 Å². The SMILES string of the molecule is CC1CCCC(C(O)C2C3CC4CC(C3)CC2C4)C1. The monoisotopic (exact) mass is 262 g/mol. The lowest BCUT2D eigenvalue weighted by atomic mass is 9.50. The summed E-state index contributed by atoms with van der Waals surface area (Å²) >= 11 is 0. The number of rotatable bonds is 2. The molecular weight excluding hydrogens is 232 g/mol. The van der Waals surface area contributed by atoms with Crippen molar-refractivity contribution >= 4 is 0 Å². The van der Waals surface area contributed by atoms with Gasteiger partial charge < -0.3 is 5.11 Å². The fourth-order valence-corrected chi connectivity index (χ4v) is 6.63. The van der Waals surface area contributed by atoms with Gasteiger partial charge >= 0.3 is 0 Å². The van der Waals surface area contributed by atoms with Gasteiger partial charge in [0.2, 0.25) is 0 Å². The Kier molecular flexibility index (Phi) is 3.17. The van der Waals surface area contributed by atoms with Crippen molar-refractivity contribution in [1.82, 2.24) is 0 Å². The smallest absolute Gasteiger partial charge is 0.0601 e. The highest BCUT2D eigenvalue weighted by molar-refractivity contribution is 5.01. The molecule has 5 fully saturated rings. The van der Waals surface area contributed by atoms with Gasteiger partial charge in [-0.2, -0.15) is 0 Å². The minimum Gasteiger partial charge on any atom is -0.393 e. The van der Waals surface area contributed by atoms with Gasteiger partial charge in [0.05, 0.1) is 6.10 Å². The summed E-state index contributed by atoms with van der Waals surface area (Å²) in [6, 6.07) is 0. The minimum absolute atomic E-state index is 0.0396. The van der Waals surface area contributed by atoms with Crippen LogP contribution in [0.4, 0.5) is 0 Å². The van der Waals surface area contributed by atoms with Crippen LogP contribution in [0.25, 0.3) is 0 Å². The Bertz CT molecular complexity index is 309. The third kappa shape index (κ3) is 2.17. The number of hydrogen-bond acceptors (Lipinski definition) is 1. The van der Waals surface area contributed by atoms with Gasteiger partial charge in [0, 0.05) is 0 Å². The van der Waals surface area contributed by atoms with Crippen molar-refractivity contribution in [3.05, 3.63) is 0 Å². The van der Waals surface area contributed by atoms with E-state index < -0.39 is 0 Å². The van der Waals surface area contributed by atoms with Gasteiger partial charge in [-0.15, -0.1) is 0 Å². The highest BCUT2D eigenvalue weighted by atomic mass is 16.3. The van der Waals surface area contributed by atoms with Crippen molar-refractivity contribution in [2.45, 2.75) is 70.8 Å². The summed E-state index contributed by atoms with van der Waals surface area (Å²) in [5.74, 6) is 6.03. The molecule has 0 spiro atoms. The average molecular weight is 262 g/mol. The Labute approximate surface area is 118 Å². The first kappa shape index (κ1) is 12.7. The molecule has 5 rings (SSSR count). The summed E-state index contributed by atoms with van der Waals surface area (Å²) in [5.41, 5.74) is 0. The summed E-state index contributed by atoms with van der Waals surface area (Å²) in [6.07, 6.45) is 12.7. The molecule has 0 aromatic carbocycles. The lowest BCUT2D eigenvalue weighted by Gasteiger charge is -2.56. The molecule has 0 radical (unpaired) electrons. The first-order valence-electron chi connectivity index (χ1n) is 8.88. The second-order valence-electron chi connectivity index (χ2n) is 8.53. The molecule has 4 bridgehead atoms. The number of aliphatic hydroxyl groups is 1. The summed E-state index contributed by atoms with van der Waals surface area (Å²) in [5, 5.41) is 11.0. The van der Waals surface area contributed by atoms with Gasteiger partial charge in [-0.3, -0.25) is 0 Å². The second kappa shape index (κ2) is 4.76. The van der Waals surface area contributed by atoms with Crippen LogP contribution in [-0.2, 0) is 0 Å². The molecule has 0 amide bonds. The van der Waals surface area contributed by atoms with Gasteiger partial charge in [0.15, 0.2) is 0 Å². The zero-order valence-electron chi connectivity index (χ0n) is 12.4. The first-order valence-corrected chi connectivity index (χ1v) is 8.88. The van der Waals surface area contributed by atoms with E-state index in [9.17, 15) is 5.11 Å². The van der Waals surface area contributed by atoms with Crippen molar-refractivity contribution in [3.8, 4) is 0 Å². The van der Waals surface area contributed by atoms with Gasteiger partial charge in [0.1, 0.15) is 0 Å². The molecule has 0 aromatic rings. The van der Waals surface area contributed by atoms with Crippen molar-refractivity contribution < 1.29 is 5.11 Å². The average Bonchev–Trinajstić information content (AvgIpc) is 2.37. The van der Waals surface area contributed by atoms with Gasteiger partial charge in [-0.05, 0) is 86.4 Å². The van der Waals surface area contributed by atoms with E-state index in [4.69, 9.17) is 0 Å². The Balaban J connectivity index is 1.49. The summed E-state index contributed by atoms with van der Waals surface area (Å²) in [7, 11) is 0. The first-order chi connectivity index (χ1) is 9.20. The van der Waals surface area contributed by atoms with Crippen LogP contribution in [0.5, 0.6) is 0 Å². The van der Waals surface area contributed by atoms with Crippen LogP contribution in [0.15, 0.2) is 0 Å². The molecule has 1 nitrogen and oxygen atoms in total. The topological polar surface area (TPSA) is 20.2 Å². The summed E-state index contributed by atoms with van der Waals surface area (Å²) < 4.78 is 0. The van der Waals surface area contributed by atoms with E-state index in [-0.39, 0.29) is 6.10 Å². The quantitative estimate of drug-likeness (QED) is 0.789. The molecule has 5 aliphatic rings. The molecule has 0 saturated heterocycles. The van der Waals surface area contributed by atoms with E-state index in [1.165, 1.54) is 57.8 Å². The Morgan fingerprint density at radius 1 is 0.842 bits per heavy atom. The predicted molar refractivity (Wildman–Crippen MR) is 77.7 cm³/mol. The second-order valence-corrected chi connectivity index (χ2v) is 8.53. The standard InChI is InChI=1S/C18H30O/c1-11-3-2-4-14(5-11)18(19)17-15-7-12-6-13(9-15)10-16(17)8-12/h11-19H,2-10H2,1H3. The van der Waals surface area contributed by atoms with Gasteiger partial charge in [-0.25, -0.2) is 0 Å². The predicted octanol–water partition coefficient (Wildman–Crippen LogP) is 4.25. The van der Waals surface area contributed by atoms with Crippen LogP contribution in [0.1, 0.15) is 64.7 Å². The molecule has 0 heterocycles. The van der Waals surface area contributed by atoms with Crippen LogP contribution < -0.4 is 0 Å². The normalized spacial score (nSPS) is 54.3. The molecule has 5 aliphatic carbocycles. The zero-order chi connectivity index (χ0) is 13.0. The lowest BCUT2D eigenvalue weighted by molar-refractivity contribution is -0.111. The number of aliphatic hydroxyl groups excluding tert-OH is 1. The van der Waals surface area contributed by atoms with Crippen LogP contribution in [0.3, 0.4) is 0 Å². The van der Waals surface area contributed by atoms with E-state index in [0.717, 1.165) is 29.6 Å². The van der Waals surface area contributed by atoms with Crippen molar-refractivity contribution in [3.63, 3.8) is 0 Å². The highest BCUT2D eigenvalue weighted by Crippen LogP contribution is 2.58. The Hall–Kier alpha value is -0.0400. The van der Waals surface area contributed by atoms with E-state index in [2.05, 4.69) is 6.92 Å². The van der Waals surface area contributed by atoms with Crippen LogP contribution in [-0.4, -0.2) is 11.2 Å². The van der Waals surface area contributed by atoms with Crippen molar-refractivity contribution in [2.75, 3.05) is 0 Å². The van der Waals surface area contributed by atoms with E-state index >= 15 is 0 Å². The largest absolute Gasteiger partial charge is 0.393 e. The van der Waals surface area contributed by atoms with E-state index in [1.807, 2.05) is 0 Å². The molecule has 0 aliphatic heterocycles. The summed E-state index contributed by atoms with van der Waals surface area (Å²) in [6.45, 7) is 2.38. The molecule has 1 N–H and O–H groups in total. The van der Waals surface area contributed by atoms with Crippen LogP contribution in [0, 0.1) is 41.4 Å². The lowest BCUT2D eigenvalue weighted by Crippen LogP contribution is -2.51. The maximum absolute atomic E-state index is 11.0. The molecule has 0 aromatic heterocycles. The molecular formula is C18H30O. The third-order valence-corrected chi connectivity index (χ3v) is 7.15. The van der Waals surface area contributed by atoms with E-state index in [1.54, 1.807) is 0 Å². The Morgan fingerprint density at radius 2 is 1.47 bits per heavy atom. The Morgan fingerprint density at radius 3 is 2.05 bits per heavy atom. The molecule has 3 unspecified atom stereocenters. The molecule has 108 valence electrons. The number of hydrogen-bond donors (Lipinski definition) is 1. The highest BCUT2D eigenvalue weighted by Gasteiger charge is 2.51. The molecule has 3 atom stereocenters. The van der Waals surface area contributed by atoms with Gasteiger partial charge in [0.25, 0.3) is 0 Å². The molecule has 1 heteroatoms. The summed E-state index contributed by atoms with van der Waals surface area (Å²) in [4.78, 5) is 0. The van der Waals surface area contributed by atoms with Gasteiger partial charge in [-0.1, -0.05) is 19.8 Å². The third-order valence-electron chi connectivity index (χ3n) is 7.15. The molecule has 5 saturated carbocycles. The fourth-order valence-electron chi connectivity index (χ4n) is 6.63. The minimum atomic E-state index is 0.0396. The van der Waals surface area contributed by atoms with Crippen LogP contribution in [0.2, 0.25) is 0 Å².